The Morgan fingerprint density at radius 3 is 2.92 bits per heavy atom. The average Bonchev–Trinajstić information content (AvgIpc) is 2.50. The van der Waals surface area contributed by atoms with E-state index in [0.717, 1.165) is 22.2 Å². The number of rotatable bonds is 1. The third kappa shape index (κ3) is 1.16. The first-order valence-corrected chi connectivity index (χ1v) is 4.29. The standard InChI is InChI=1S/C9H9ClN2O/c1-5-3-4-6(13-2)8-7(5)9(10)12-11-8/h3-4H,1-2H3,(H,11,12). The van der Waals surface area contributed by atoms with Gasteiger partial charge >= 0.3 is 0 Å². The number of halogens is 1. The van der Waals surface area contributed by atoms with E-state index >= 15 is 0 Å². The number of benzene rings is 1. The molecule has 0 aliphatic heterocycles. The molecule has 0 atom stereocenters. The van der Waals surface area contributed by atoms with Gasteiger partial charge in [-0.2, -0.15) is 5.10 Å². The van der Waals surface area contributed by atoms with Gasteiger partial charge in [0.25, 0.3) is 0 Å². The number of aromatic nitrogens is 2. The summed E-state index contributed by atoms with van der Waals surface area (Å²) in [5.74, 6) is 0.740. The quantitative estimate of drug-likeness (QED) is 0.761. The number of hydrogen-bond donors (Lipinski definition) is 1. The highest BCUT2D eigenvalue weighted by molar-refractivity contribution is 6.34. The number of H-pyrrole nitrogens is 1. The average molecular weight is 197 g/mol. The first kappa shape index (κ1) is 8.38. The van der Waals surface area contributed by atoms with Crippen LogP contribution in [0, 0.1) is 6.92 Å². The molecule has 2 rings (SSSR count). The van der Waals surface area contributed by atoms with E-state index in [4.69, 9.17) is 16.3 Å². The SMILES string of the molecule is COc1ccc(C)c2c(Cl)[nH]nc12. The predicted molar refractivity (Wildman–Crippen MR) is 52.4 cm³/mol. The van der Waals surface area contributed by atoms with E-state index in [0.29, 0.717) is 5.15 Å². The summed E-state index contributed by atoms with van der Waals surface area (Å²) in [6.45, 7) is 1.99. The molecule has 0 amide bonds. The van der Waals surface area contributed by atoms with Gasteiger partial charge in [-0.05, 0) is 18.6 Å². The molecule has 13 heavy (non-hydrogen) atoms. The molecule has 0 spiro atoms. The van der Waals surface area contributed by atoms with Gasteiger partial charge < -0.3 is 4.74 Å². The number of nitrogens with one attached hydrogen (secondary N) is 1. The Morgan fingerprint density at radius 1 is 1.46 bits per heavy atom. The van der Waals surface area contributed by atoms with Gasteiger partial charge in [0.2, 0.25) is 0 Å². The van der Waals surface area contributed by atoms with Crippen molar-refractivity contribution in [2.75, 3.05) is 7.11 Å². The minimum Gasteiger partial charge on any atom is -0.494 e. The summed E-state index contributed by atoms with van der Waals surface area (Å²) in [7, 11) is 1.62. The van der Waals surface area contributed by atoms with Crippen LogP contribution < -0.4 is 4.74 Å². The lowest BCUT2D eigenvalue weighted by Gasteiger charge is -2.01. The van der Waals surface area contributed by atoms with Crippen LogP contribution in [-0.2, 0) is 0 Å². The van der Waals surface area contributed by atoms with E-state index in [1.807, 2.05) is 19.1 Å². The van der Waals surface area contributed by atoms with Crippen LogP contribution in [0.2, 0.25) is 5.15 Å². The van der Waals surface area contributed by atoms with E-state index in [1.165, 1.54) is 0 Å². The van der Waals surface area contributed by atoms with Crippen LogP contribution in [0.25, 0.3) is 10.9 Å². The molecule has 1 aromatic carbocycles. The van der Waals surface area contributed by atoms with Gasteiger partial charge in [-0.15, -0.1) is 0 Å². The van der Waals surface area contributed by atoms with Crippen molar-refractivity contribution < 1.29 is 4.74 Å². The molecule has 0 bridgehead atoms. The van der Waals surface area contributed by atoms with Crippen LogP contribution in [0.5, 0.6) is 5.75 Å². The highest BCUT2D eigenvalue weighted by Crippen LogP contribution is 2.30. The summed E-state index contributed by atoms with van der Waals surface area (Å²) in [6, 6.07) is 3.84. The van der Waals surface area contributed by atoms with E-state index in [-0.39, 0.29) is 0 Å². The fourth-order valence-electron chi connectivity index (χ4n) is 1.39. The first-order chi connectivity index (χ1) is 6.24. The second kappa shape index (κ2) is 2.92. The number of hydrogen-bond acceptors (Lipinski definition) is 2. The van der Waals surface area contributed by atoms with Gasteiger partial charge in [-0.3, -0.25) is 5.10 Å². The molecule has 0 saturated heterocycles. The van der Waals surface area contributed by atoms with Gasteiger partial charge in [0.05, 0.1) is 7.11 Å². The van der Waals surface area contributed by atoms with Crippen molar-refractivity contribution in [3.63, 3.8) is 0 Å². The molecule has 1 heterocycles. The van der Waals surface area contributed by atoms with Crippen molar-refractivity contribution in [2.24, 2.45) is 0 Å². The summed E-state index contributed by atoms with van der Waals surface area (Å²) in [5, 5.41) is 8.29. The number of ether oxygens (including phenoxy) is 1. The number of fused-ring (bicyclic) bond motifs is 1. The molecule has 2 aromatic rings. The molecule has 0 aliphatic rings. The van der Waals surface area contributed by atoms with Crippen molar-refractivity contribution in [1.82, 2.24) is 10.2 Å². The van der Waals surface area contributed by atoms with Crippen LogP contribution in [-0.4, -0.2) is 17.3 Å². The summed E-state index contributed by atoms with van der Waals surface area (Å²) in [4.78, 5) is 0. The Hall–Kier alpha value is -1.22. The van der Waals surface area contributed by atoms with Gasteiger partial charge in [-0.25, -0.2) is 0 Å². The van der Waals surface area contributed by atoms with E-state index in [1.54, 1.807) is 7.11 Å². The van der Waals surface area contributed by atoms with Crippen molar-refractivity contribution in [3.8, 4) is 5.75 Å². The van der Waals surface area contributed by atoms with Crippen molar-refractivity contribution >= 4 is 22.5 Å². The molecule has 68 valence electrons. The Bertz CT molecular complexity index is 450. The Kier molecular flexibility index (Phi) is 1.88. The fraction of sp³-hybridized carbons (Fsp3) is 0.222. The van der Waals surface area contributed by atoms with Gasteiger partial charge in [0, 0.05) is 5.39 Å². The number of aryl methyl sites for hydroxylation is 1. The predicted octanol–water partition coefficient (Wildman–Crippen LogP) is 2.53. The maximum Gasteiger partial charge on any atom is 0.147 e. The first-order valence-electron chi connectivity index (χ1n) is 3.91. The van der Waals surface area contributed by atoms with Gasteiger partial charge in [0.15, 0.2) is 0 Å². The molecule has 1 N–H and O–H groups in total. The molecule has 4 heteroatoms. The molecule has 0 saturated carbocycles. The monoisotopic (exact) mass is 196 g/mol. The van der Waals surface area contributed by atoms with Crippen LogP contribution in [0.3, 0.4) is 0 Å². The second-order valence-corrected chi connectivity index (χ2v) is 3.22. The molecule has 1 aromatic heterocycles. The lowest BCUT2D eigenvalue weighted by molar-refractivity contribution is 0.418. The molecule has 0 fully saturated rings. The summed E-state index contributed by atoms with van der Waals surface area (Å²) < 4.78 is 5.15. The van der Waals surface area contributed by atoms with E-state index < -0.39 is 0 Å². The summed E-state index contributed by atoms with van der Waals surface area (Å²) in [5.41, 5.74) is 1.88. The minimum absolute atomic E-state index is 0.561. The largest absolute Gasteiger partial charge is 0.494 e. The Labute approximate surface area is 80.7 Å². The normalized spacial score (nSPS) is 10.7. The van der Waals surface area contributed by atoms with Crippen LogP contribution in [0.15, 0.2) is 12.1 Å². The molecule has 0 radical (unpaired) electrons. The third-order valence-electron chi connectivity index (χ3n) is 2.05. The lowest BCUT2D eigenvalue weighted by Crippen LogP contribution is -1.85. The minimum atomic E-state index is 0.561. The molecular formula is C9H9ClN2O. The maximum atomic E-state index is 5.93. The van der Waals surface area contributed by atoms with Gasteiger partial charge in [0.1, 0.15) is 16.4 Å². The zero-order valence-electron chi connectivity index (χ0n) is 7.39. The molecular weight excluding hydrogens is 188 g/mol. The summed E-state index contributed by atoms with van der Waals surface area (Å²) >= 11 is 5.93. The van der Waals surface area contributed by atoms with Crippen molar-refractivity contribution in [3.05, 3.63) is 22.8 Å². The van der Waals surface area contributed by atoms with E-state index in [9.17, 15) is 0 Å². The second-order valence-electron chi connectivity index (χ2n) is 2.85. The zero-order chi connectivity index (χ0) is 9.42. The van der Waals surface area contributed by atoms with Gasteiger partial charge in [-0.1, -0.05) is 17.7 Å². The third-order valence-corrected chi connectivity index (χ3v) is 2.33. The molecule has 0 unspecified atom stereocenters. The van der Waals surface area contributed by atoms with Crippen LogP contribution >= 0.6 is 11.6 Å². The smallest absolute Gasteiger partial charge is 0.147 e. The Balaban J connectivity index is 2.87. The Morgan fingerprint density at radius 2 is 2.23 bits per heavy atom. The maximum absolute atomic E-state index is 5.93. The lowest BCUT2D eigenvalue weighted by atomic mass is 10.1. The zero-order valence-corrected chi connectivity index (χ0v) is 8.14. The highest BCUT2D eigenvalue weighted by atomic mass is 35.5. The number of aromatic amines is 1. The fourth-order valence-corrected chi connectivity index (χ4v) is 1.67. The summed E-state index contributed by atoms with van der Waals surface area (Å²) in [6.07, 6.45) is 0. The molecule has 0 aliphatic carbocycles. The van der Waals surface area contributed by atoms with Crippen molar-refractivity contribution in [1.29, 1.82) is 0 Å². The van der Waals surface area contributed by atoms with E-state index in [2.05, 4.69) is 10.2 Å². The topological polar surface area (TPSA) is 37.9 Å². The molecule has 3 nitrogen and oxygen atoms in total. The van der Waals surface area contributed by atoms with Crippen LogP contribution in [0.4, 0.5) is 0 Å². The number of nitrogens with zero attached hydrogens (tertiary/aromatic N) is 1. The van der Waals surface area contributed by atoms with Crippen LogP contribution in [0.1, 0.15) is 5.56 Å². The highest BCUT2D eigenvalue weighted by Gasteiger charge is 2.10. The number of methoxy groups -OCH3 is 1. The van der Waals surface area contributed by atoms with Crippen molar-refractivity contribution in [2.45, 2.75) is 6.92 Å².